The van der Waals surface area contributed by atoms with Crippen LogP contribution in [0.2, 0.25) is 0 Å². The van der Waals surface area contributed by atoms with E-state index in [2.05, 4.69) is 29.2 Å². The molecule has 1 saturated heterocycles. The maximum atomic E-state index is 12.5. The topological polar surface area (TPSA) is 49.6 Å². The van der Waals surface area contributed by atoms with Crippen molar-refractivity contribution in [1.29, 1.82) is 0 Å². The van der Waals surface area contributed by atoms with Crippen molar-refractivity contribution in [3.63, 3.8) is 0 Å². The molecule has 0 bridgehead atoms. The first-order valence-corrected chi connectivity index (χ1v) is 7.91. The van der Waals surface area contributed by atoms with Gasteiger partial charge in [-0.15, -0.1) is 0 Å². The third-order valence-electron chi connectivity index (χ3n) is 4.60. The number of rotatable bonds is 5. The average molecular weight is 289 g/mol. The normalized spacial score (nSPS) is 24.0. The quantitative estimate of drug-likeness (QED) is 0.897. The number of benzene rings is 1. The molecular weight excluding hydrogens is 262 g/mol. The average Bonchev–Trinajstić information content (AvgIpc) is 2.90. The minimum Gasteiger partial charge on any atom is -0.342 e. The van der Waals surface area contributed by atoms with Gasteiger partial charge in [-0.25, -0.2) is 0 Å². The molecule has 116 valence electrons. The van der Waals surface area contributed by atoms with Gasteiger partial charge in [-0.05, 0) is 26.3 Å². The first-order chi connectivity index (χ1) is 10.1. The van der Waals surface area contributed by atoms with Crippen molar-refractivity contribution in [3.8, 4) is 0 Å². The molecule has 21 heavy (non-hydrogen) atoms. The van der Waals surface area contributed by atoms with Gasteiger partial charge in [0.15, 0.2) is 0 Å². The number of nitrogens with zero attached hydrogens (tertiary/aromatic N) is 2. The molecule has 0 radical (unpaired) electrons. The van der Waals surface area contributed by atoms with Gasteiger partial charge in [0.1, 0.15) is 0 Å². The summed E-state index contributed by atoms with van der Waals surface area (Å²) in [7, 11) is 0. The molecule has 1 fully saturated rings. The number of carbonyl (C=O) groups is 1. The van der Waals surface area contributed by atoms with E-state index in [9.17, 15) is 4.79 Å². The minimum atomic E-state index is -0.0929. The smallest absolute Gasteiger partial charge is 0.239 e. The van der Waals surface area contributed by atoms with Crippen molar-refractivity contribution in [2.45, 2.75) is 38.8 Å². The highest BCUT2D eigenvalue weighted by atomic mass is 16.2. The summed E-state index contributed by atoms with van der Waals surface area (Å²) in [5.41, 5.74) is 7.59. The van der Waals surface area contributed by atoms with E-state index in [0.717, 1.165) is 26.2 Å². The fourth-order valence-electron chi connectivity index (χ4n) is 3.19. The highest BCUT2D eigenvalue weighted by molar-refractivity contribution is 5.81. The first kappa shape index (κ1) is 16.0. The van der Waals surface area contributed by atoms with Crippen LogP contribution < -0.4 is 5.73 Å². The van der Waals surface area contributed by atoms with E-state index >= 15 is 0 Å². The van der Waals surface area contributed by atoms with Gasteiger partial charge in [0.25, 0.3) is 0 Å². The van der Waals surface area contributed by atoms with Crippen LogP contribution in [0.4, 0.5) is 0 Å². The number of amides is 1. The van der Waals surface area contributed by atoms with Crippen molar-refractivity contribution in [3.05, 3.63) is 35.9 Å². The van der Waals surface area contributed by atoms with E-state index in [1.54, 1.807) is 0 Å². The van der Waals surface area contributed by atoms with Gasteiger partial charge < -0.3 is 10.6 Å². The zero-order valence-corrected chi connectivity index (χ0v) is 13.3. The Hall–Kier alpha value is -1.39. The zero-order valence-electron chi connectivity index (χ0n) is 13.3. The molecule has 0 aromatic heterocycles. The molecule has 1 aliphatic rings. The number of hydrogen-bond acceptors (Lipinski definition) is 3. The summed E-state index contributed by atoms with van der Waals surface area (Å²) in [6, 6.07) is 10.4. The van der Waals surface area contributed by atoms with Gasteiger partial charge in [-0.2, -0.15) is 0 Å². The summed E-state index contributed by atoms with van der Waals surface area (Å²) < 4.78 is 0. The Morgan fingerprint density at radius 3 is 2.48 bits per heavy atom. The fraction of sp³-hybridized carbons (Fsp3) is 0.588. The second kappa shape index (κ2) is 7.05. The second-order valence-electron chi connectivity index (χ2n) is 5.82. The van der Waals surface area contributed by atoms with Gasteiger partial charge in [0.2, 0.25) is 5.91 Å². The molecule has 1 aromatic carbocycles. The minimum absolute atomic E-state index is 0.0929. The monoisotopic (exact) mass is 289 g/mol. The Morgan fingerprint density at radius 2 is 1.90 bits per heavy atom. The van der Waals surface area contributed by atoms with Crippen LogP contribution in [0.15, 0.2) is 30.3 Å². The van der Waals surface area contributed by atoms with E-state index in [1.807, 2.05) is 31.7 Å². The van der Waals surface area contributed by atoms with Crippen molar-refractivity contribution in [1.82, 2.24) is 9.80 Å². The van der Waals surface area contributed by atoms with Crippen LogP contribution >= 0.6 is 0 Å². The molecule has 1 amide bonds. The van der Waals surface area contributed by atoms with Crippen LogP contribution in [0.5, 0.6) is 0 Å². The lowest BCUT2D eigenvalue weighted by atomic mass is 9.95. The first-order valence-electron chi connectivity index (χ1n) is 7.91. The predicted octanol–water partition coefficient (Wildman–Crippen LogP) is 1.67. The summed E-state index contributed by atoms with van der Waals surface area (Å²) in [5.74, 6) is 0.527. The zero-order chi connectivity index (χ0) is 15.4. The van der Waals surface area contributed by atoms with Gasteiger partial charge in [0.05, 0.1) is 6.04 Å². The Morgan fingerprint density at radius 1 is 1.29 bits per heavy atom. The lowest BCUT2D eigenvalue weighted by molar-refractivity contribution is -0.135. The SMILES string of the molecule is CCN(CC)C(=O)C(C)N1C[C@@H](N)[C@H](c2ccccc2)C1. The van der Waals surface area contributed by atoms with Gasteiger partial charge in [-0.3, -0.25) is 9.69 Å². The number of carbonyl (C=O) groups excluding carboxylic acids is 1. The van der Waals surface area contributed by atoms with E-state index in [4.69, 9.17) is 5.73 Å². The molecule has 1 heterocycles. The lowest BCUT2D eigenvalue weighted by Gasteiger charge is -2.29. The van der Waals surface area contributed by atoms with E-state index < -0.39 is 0 Å². The Balaban J connectivity index is 2.05. The number of hydrogen-bond donors (Lipinski definition) is 1. The second-order valence-corrected chi connectivity index (χ2v) is 5.82. The fourth-order valence-corrected chi connectivity index (χ4v) is 3.19. The summed E-state index contributed by atoms with van der Waals surface area (Å²) in [4.78, 5) is 16.6. The lowest BCUT2D eigenvalue weighted by Crippen LogP contribution is -2.46. The molecule has 1 aliphatic heterocycles. The Bertz CT molecular complexity index is 458. The summed E-state index contributed by atoms with van der Waals surface area (Å²) >= 11 is 0. The molecule has 4 heteroatoms. The standard InChI is InChI=1S/C17H27N3O/c1-4-19(5-2)17(21)13(3)20-11-15(16(18)12-20)14-9-7-6-8-10-14/h6-10,13,15-16H,4-5,11-12,18H2,1-3H3/t13?,15-,16+/m0/s1. The van der Waals surface area contributed by atoms with Crippen LogP contribution in [0, 0.1) is 0 Å². The summed E-state index contributed by atoms with van der Waals surface area (Å²) in [6.07, 6.45) is 0. The van der Waals surface area contributed by atoms with Crippen LogP contribution in [0.1, 0.15) is 32.3 Å². The van der Waals surface area contributed by atoms with Crippen LogP contribution in [-0.4, -0.2) is 54.0 Å². The Kier molecular flexibility index (Phi) is 5.37. The number of likely N-dealkylation sites (tertiary alicyclic amines) is 1. The molecule has 0 spiro atoms. The molecule has 4 nitrogen and oxygen atoms in total. The van der Waals surface area contributed by atoms with Gasteiger partial charge >= 0.3 is 0 Å². The van der Waals surface area contributed by atoms with E-state index in [-0.39, 0.29) is 18.0 Å². The maximum Gasteiger partial charge on any atom is 0.239 e. The predicted molar refractivity (Wildman–Crippen MR) is 86.1 cm³/mol. The molecular formula is C17H27N3O. The molecule has 1 aromatic rings. The van der Waals surface area contributed by atoms with E-state index in [1.165, 1.54) is 5.56 Å². The van der Waals surface area contributed by atoms with Crippen molar-refractivity contribution < 1.29 is 4.79 Å². The number of nitrogens with two attached hydrogens (primary N) is 1. The number of likely N-dealkylation sites (N-methyl/N-ethyl adjacent to an activating group) is 1. The maximum absolute atomic E-state index is 12.5. The highest BCUT2D eigenvalue weighted by Crippen LogP contribution is 2.27. The highest BCUT2D eigenvalue weighted by Gasteiger charge is 2.36. The van der Waals surface area contributed by atoms with Crippen molar-refractivity contribution in [2.24, 2.45) is 5.73 Å². The molecule has 1 unspecified atom stereocenters. The van der Waals surface area contributed by atoms with E-state index in [0.29, 0.717) is 5.92 Å². The van der Waals surface area contributed by atoms with Crippen LogP contribution in [0.25, 0.3) is 0 Å². The molecule has 3 atom stereocenters. The van der Waals surface area contributed by atoms with Crippen molar-refractivity contribution in [2.75, 3.05) is 26.2 Å². The third kappa shape index (κ3) is 3.44. The van der Waals surface area contributed by atoms with Crippen LogP contribution in [0.3, 0.4) is 0 Å². The molecule has 2 N–H and O–H groups in total. The Labute approximate surface area is 127 Å². The molecule has 0 saturated carbocycles. The van der Waals surface area contributed by atoms with Gasteiger partial charge in [0, 0.05) is 38.1 Å². The summed E-state index contributed by atoms with van der Waals surface area (Å²) in [5, 5.41) is 0. The van der Waals surface area contributed by atoms with Gasteiger partial charge in [-0.1, -0.05) is 30.3 Å². The summed E-state index contributed by atoms with van der Waals surface area (Å²) in [6.45, 7) is 9.23. The molecule has 2 rings (SSSR count). The molecule has 0 aliphatic carbocycles. The third-order valence-corrected chi connectivity index (χ3v) is 4.60. The van der Waals surface area contributed by atoms with Crippen molar-refractivity contribution >= 4 is 5.91 Å². The largest absolute Gasteiger partial charge is 0.342 e. The van der Waals surface area contributed by atoms with Crippen LogP contribution in [-0.2, 0) is 4.79 Å².